The van der Waals surface area contributed by atoms with Gasteiger partial charge in [-0.2, -0.15) is 18.3 Å². The zero-order chi connectivity index (χ0) is 21.9. The van der Waals surface area contributed by atoms with E-state index in [4.69, 9.17) is 14.8 Å². The van der Waals surface area contributed by atoms with Gasteiger partial charge in [-0.05, 0) is 61.4 Å². The Morgan fingerprint density at radius 1 is 1.13 bits per heavy atom. The van der Waals surface area contributed by atoms with E-state index in [2.05, 4.69) is 9.43 Å². The van der Waals surface area contributed by atoms with Crippen LogP contribution in [0, 0.1) is 6.92 Å². The molecule has 1 heterocycles. The lowest BCUT2D eigenvalue weighted by molar-refractivity contribution is -0.141. The minimum Gasteiger partial charge on any atom is -0.496 e. The summed E-state index contributed by atoms with van der Waals surface area (Å²) in [4.78, 5) is 4.92. The number of aromatic nitrogens is 2. The van der Waals surface area contributed by atoms with Crippen molar-refractivity contribution in [3.63, 3.8) is 0 Å². The third-order valence-electron chi connectivity index (χ3n) is 4.52. The van der Waals surface area contributed by atoms with Gasteiger partial charge in [0.05, 0.1) is 18.5 Å². The summed E-state index contributed by atoms with van der Waals surface area (Å²) < 4.78 is 52.3. The number of hydrogen-bond acceptors (Lipinski definition) is 6. The van der Waals surface area contributed by atoms with Crippen LogP contribution in [0.5, 0.6) is 11.5 Å². The van der Waals surface area contributed by atoms with Crippen LogP contribution in [-0.4, -0.2) is 16.9 Å². The monoisotopic (exact) mass is 439 g/mol. The van der Waals surface area contributed by atoms with Gasteiger partial charge in [0, 0.05) is 11.1 Å². The van der Waals surface area contributed by atoms with E-state index in [1.54, 1.807) is 56.5 Å². The molecule has 10 heteroatoms. The maximum Gasteiger partial charge on any atom is 0.435 e. The Morgan fingerprint density at radius 2 is 1.83 bits per heavy atom. The Labute approximate surface area is 176 Å². The van der Waals surface area contributed by atoms with Gasteiger partial charge < -0.3 is 9.62 Å². The molecule has 0 unspecified atom stereocenters. The topological polar surface area (TPSA) is 71.5 Å². The first-order chi connectivity index (χ1) is 14.3. The smallest absolute Gasteiger partial charge is 0.435 e. The lowest BCUT2D eigenvalue weighted by atomic mass is 10.0. The molecule has 6 nitrogen and oxygen atoms in total. The van der Waals surface area contributed by atoms with Crippen LogP contribution < -0.4 is 14.8 Å². The first-order valence-electron chi connectivity index (χ1n) is 8.94. The maximum absolute atomic E-state index is 13.7. The molecule has 0 bridgehead atoms. The SMILES string of the molecule is CCc1c(C(F)(F)F)nn(-c2ccc(OOSN)cc2)c1-c1ccc(OC)c(C)c1. The molecular weight excluding hydrogens is 419 g/mol. The quantitative estimate of drug-likeness (QED) is 0.234. The first kappa shape index (κ1) is 22.0. The van der Waals surface area contributed by atoms with Gasteiger partial charge >= 0.3 is 6.18 Å². The molecule has 0 spiro atoms. The summed E-state index contributed by atoms with van der Waals surface area (Å²) in [6.45, 7) is 3.51. The van der Waals surface area contributed by atoms with Gasteiger partial charge in [-0.15, -0.1) is 0 Å². The number of ether oxygens (including phenoxy) is 1. The highest BCUT2D eigenvalue weighted by molar-refractivity contribution is 7.92. The second-order valence-electron chi connectivity index (χ2n) is 6.36. The molecule has 0 fully saturated rings. The van der Waals surface area contributed by atoms with Crippen molar-refractivity contribution in [3.8, 4) is 28.4 Å². The van der Waals surface area contributed by atoms with Crippen molar-refractivity contribution >= 4 is 12.2 Å². The molecule has 2 aromatic carbocycles. The molecule has 3 rings (SSSR count). The minimum atomic E-state index is -4.58. The van der Waals surface area contributed by atoms with E-state index in [1.807, 2.05) is 6.92 Å². The number of halogens is 3. The van der Waals surface area contributed by atoms with Crippen molar-refractivity contribution < 1.29 is 27.1 Å². The summed E-state index contributed by atoms with van der Waals surface area (Å²) in [5, 5.41) is 9.06. The summed E-state index contributed by atoms with van der Waals surface area (Å²) in [6.07, 6.45) is -4.42. The minimum absolute atomic E-state index is 0.121. The zero-order valence-corrected chi connectivity index (χ0v) is 17.3. The Morgan fingerprint density at radius 3 is 2.37 bits per heavy atom. The van der Waals surface area contributed by atoms with Crippen LogP contribution in [0.3, 0.4) is 0 Å². The molecule has 0 atom stereocenters. The third kappa shape index (κ3) is 4.40. The van der Waals surface area contributed by atoms with E-state index >= 15 is 0 Å². The van der Waals surface area contributed by atoms with Crippen LogP contribution in [-0.2, 0) is 16.9 Å². The lowest BCUT2D eigenvalue weighted by Gasteiger charge is -2.12. The fraction of sp³-hybridized carbons (Fsp3) is 0.250. The van der Waals surface area contributed by atoms with E-state index in [9.17, 15) is 13.2 Å². The second kappa shape index (κ2) is 8.99. The fourth-order valence-electron chi connectivity index (χ4n) is 3.22. The second-order valence-corrected chi connectivity index (χ2v) is 6.69. The van der Waals surface area contributed by atoms with Crippen molar-refractivity contribution in [1.82, 2.24) is 9.78 Å². The number of methoxy groups -OCH3 is 1. The standard InChI is InChI=1S/C20H20F3N3O3S/c1-4-16-18(13-5-10-17(27-3)12(2)11-13)26(25-19(16)20(21,22)23)14-6-8-15(9-7-14)28-29-30-24/h5-11H,4,24H2,1-3H3. The molecule has 0 aliphatic heterocycles. The summed E-state index contributed by atoms with van der Waals surface area (Å²) in [7, 11) is 1.54. The van der Waals surface area contributed by atoms with E-state index in [1.165, 1.54) is 4.68 Å². The molecular formula is C20H20F3N3O3S. The molecule has 0 radical (unpaired) electrons. The van der Waals surface area contributed by atoms with Gasteiger partial charge in [0.2, 0.25) is 0 Å². The van der Waals surface area contributed by atoms with E-state index < -0.39 is 11.9 Å². The zero-order valence-electron chi connectivity index (χ0n) is 16.5. The molecule has 1 aromatic heterocycles. The molecule has 0 amide bonds. The van der Waals surface area contributed by atoms with E-state index in [-0.39, 0.29) is 12.0 Å². The number of rotatable bonds is 7. The predicted octanol–water partition coefficient (Wildman–Crippen LogP) is 5.27. The number of benzene rings is 2. The maximum atomic E-state index is 13.7. The van der Waals surface area contributed by atoms with Crippen molar-refractivity contribution in [2.24, 2.45) is 5.14 Å². The molecule has 0 saturated heterocycles. The number of alkyl halides is 3. The normalized spacial score (nSPS) is 11.6. The number of nitrogens with two attached hydrogens (primary N) is 1. The molecule has 2 N–H and O–H groups in total. The first-order valence-corrected chi connectivity index (χ1v) is 9.75. The number of nitrogens with zero attached hydrogens (tertiary/aromatic N) is 2. The van der Waals surface area contributed by atoms with E-state index in [0.717, 1.165) is 5.56 Å². The Balaban J connectivity index is 2.19. The van der Waals surface area contributed by atoms with Gasteiger partial charge in [0.1, 0.15) is 18.0 Å². The van der Waals surface area contributed by atoms with Crippen LogP contribution in [0.4, 0.5) is 13.2 Å². The van der Waals surface area contributed by atoms with E-state index in [0.29, 0.717) is 40.7 Å². The Hall–Kier alpha value is -2.69. The van der Waals surface area contributed by atoms with Crippen molar-refractivity contribution in [2.75, 3.05) is 7.11 Å². The molecule has 0 aliphatic rings. The van der Waals surface area contributed by atoms with Gasteiger partial charge in [0.25, 0.3) is 0 Å². The average molecular weight is 439 g/mol. The highest BCUT2D eigenvalue weighted by atomic mass is 32.2. The van der Waals surface area contributed by atoms with Crippen LogP contribution in [0.25, 0.3) is 16.9 Å². The van der Waals surface area contributed by atoms with Gasteiger partial charge in [-0.1, -0.05) is 11.3 Å². The summed E-state index contributed by atoms with van der Waals surface area (Å²) in [6, 6.07) is 11.5. The summed E-state index contributed by atoms with van der Waals surface area (Å²) in [5.41, 5.74) is 1.44. The molecule has 3 aromatic rings. The highest BCUT2D eigenvalue weighted by Crippen LogP contribution is 2.39. The summed E-state index contributed by atoms with van der Waals surface area (Å²) in [5.74, 6) is 0.996. The van der Waals surface area contributed by atoms with Crippen molar-refractivity contribution in [3.05, 3.63) is 59.3 Å². The van der Waals surface area contributed by atoms with Gasteiger partial charge in [0.15, 0.2) is 11.4 Å². The Bertz CT molecular complexity index is 1020. The van der Waals surface area contributed by atoms with Gasteiger partial charge in [-0.3, -0.25) is 5.14 Å². The van der Waals surface area contributed by atoms with Crippen LogP contribution in [0.2, 0.25) is 0 Å². The Kier molecular flexibility index (Phi) is 6.59. The third-order valence-corrected chi connectivity index (χ3v) is 4.67. The van der Waals surface area contributed by atoms with Crippen molar-refractivity contribution in [1.29, 1.82) is 0 Å². The van der Waals surface area contributed by atoms with Gasteiger partial charge in [-0.25, -0.2) is 4.68 Å². The predicted molar refractivity (Wildman–Crippen MR) is 108 cm³/mol. The number of hydrogen-bond donors (Lipinski definition) is 1. The molecule has 30 heavy (non-hydrogen) atoms. The highest BCUT2D eigenvalue weighted by Gasteiger charge is 2.39. The van der Waals surface area contributed by atoms with Crippen LogP contribution in [0.15, 0.2) is 42.5 Å². The fourth-order valence-corrected chi connectivity index (χ4v) is 3.34. The average Bonchev–Trinajstić information content (AvgIpc) is 3.12. The molecule has 0 saturated carbocycles. The summed E-state index contributed by atoms with van der Waals surface area (Å²) >= 11 is 0.537. The lowest BCUT2D eigenvalue weighted by Crippen LogP contribution is -2.09. The number of aryl methyl sites for hydroxylation is 1. The largest absolute Gasteiger partial charge is 0.496 e. The van der Waals surface area contributed by atoms with Crippen LogP contribution >= 0.6 is 12.2 Å². The van der Waals surface area contributed by atoms with Crippen molar-refractivity contribution in [2.45, 2.75) is 26.4 Å². The van der Waals surface area contributed by atoms with Crippen LogP contribution in [0.1, 0.15) is 23.7 Å². The molecule has 0 aliphatic carbocycles. The molecule has 160 valence electrons.